The van der Waals surface area contributed by atoms with Gasteiger partial charge in [0.15, 0.2) is 0 Å². The zero-order valence-electron chi connectivity index (χ0n) is 17.1. The lowest BCUT2D eigenvalue weighted by Gasteiger charge is -2.31. The molecule has 2 aromatic rings. The minimum absolute atomic E-state index is 0.345. The molecule has 2 heterocycles. The highest BCUT2D eigenvalue weighted by molar-refractivity contribution is 7.91. The summed E-state index contributed by atoms with van der Waals surface area (Å²) < 4.78 is 28.0. The van der Waals surface area contributed by atoms with Crippen molar-refractivity contribution in [2.24, 2.45) is 5.73 Å². The van der Waals surface area contributed by atoms with Crippen LogP contribution in [-0.2, 0) is 16.4 Å². The van der Waals surface area contributed by atoms with Crippen LogP contribution in [0.5, 0.6) is 0 Å². The average molecular weight is 470 g/mol. The third kappa shape index (κ3) is 5.62. The molecule has 0 atom stereocenters. The van der Waals surface area contributed by atoms with E-state index in [-0.39, 0.29) is 0 Å². The number of carbonyl (C=O) groups is 1. The fourth-order valence-corrected chi connectivity index (χ4v) is 6.74. The number of nitrogens with two attached hydrogens (primary N) is 1. The van der Waals surface area contributed by atoms with E-state index in [0.717, 1.165) is 42.7 Å². The molecule has 1 fully saturated rings. The van der Waals surface area contributed by atoms with Gasteiger partial charge in [0.25, 0.3) is 10.0 Å². The predicted molar refractivity (Wildman–Crippen MR) is 122 cm³/mol. The minimum atomic E-state index is -3.50. The molecule has 1 saturated heterocycles. The Bertz CT molecular complexity index is 983. The highest BCUT2D eigenvalue weighted by Gasteiger charge is 2.30. The molecule has 6 nitrogen and oxygen atoms in total. The van der Waals surface area contributed by atoms with Crippen molar-refractivity contribution < 1.29 is 13.2 Å². The van der Waals surface area contributed by atoms with Crippen LogP contribution in [0.25, 0.3) is 0 Å². The Morgan fingerprint density at radius 3 is 2.67 bits per heavy atom. The van der Waals surface area contributed by atoms with E-state index >= 15 is 0 Å². The van der Waals surface area contributed by atoms with Crippen LogP contribution in [0.1, 0.15) is 53.4 Å². The second-order valence-corrected chi connectivity index (χ2v) is 11.3. The zero-order valence-corrected chi connectivity index (χ0v) is 19.5. The molecule has 1 amide bonds. The van der Waals surface area contributed by atoms with E-state index in [1.54, 1.807) is 28.6 Å². The summed E-state index contributed by atoms with van der Waals surface area (Å²) >= 11 is 7.50. The molecule has 0 spiro atoms. The van der Waals surface area contributed by atoms with Crippen LogP contribution in [-0.4, -0.2) is 44.3 Å². The van der Waals surface area contributed by atoms with Crippen LogP contribution in [0.3, 0.4) is 0 Å². The van der Waals surface area contributed by atoms with E-state index in [2.05, 4.69) is 12.2 Å². The van der Waals surface area contributed by atoms with Crippen LogP contribution < -0.4 is 11.1 Å². The van der Waals surface area contributed by atoms with Crippen LogP contribution in [0, 0.1) is 0 Å². The number of amides is 1. The molecule has 3 N–H and O–H groups in total. The average Bonchev–Trinajstić information content (AvgIpc) is 3.19. The SMILES string of the molecule is CCCCNC1CCN(S(=O)(=O)c2ccc(Cc3cc(C(N)=O)ccc3Cl)s2)CC1. The van der Waals surface area contributed by atoms with Crippen LogP contribution >= 0.6 is 22.9 Å². The molecule has 9 heteroatoms. The Morgan fingerprint density at radius 1 is 1.27 bits per heavy atom. The summed E-state index contributed by atoms with van der Waals surface area (Å²) in [5.41, 5.74) is 6.48. The molecule has 3 rings (SSSR count). The van der Waals surface area contributed by atoms with E-state index in [1.165, 1.54) is 11.3 Å². The lowest BCUT2D eigenvalue weighted by Crippen LogP contribution is -2.44. The van der Waals surface area contributed by atoms with Crippen molar-refractivity contribution in [1.29, 1.82) is 0 Å². The lowest BCUT2D eigenvalue weighted by molar-refractivity contribution is 0.1000. The molecule has 1 aromatic heterocycles. The van der Waals surface area contributed by atoms with Gasteiger partial charge in [0.2, 0.25) is 5.91 Å². The van der Waals surface area contributed by atoms with Gasteiger partial charge in [0.1, 0.15) is 4.21 Å². The van der Waals surface area contributed by atoms with Gasteiger partial charge in [-0.25, -0.2) is 8.42 Å². The molecular formula is C21H28ClN3O3S2. The zero-order chi connectivity index (χ0) is 21.7. The number of hydrogen-bond acceptors (Lipinski definition) is 5. The van der Waals surface area contributed by atoms with Gasteiger partial charge in [-0.1, -0.05) is 24.9 Å². The van der Waals surface area contributed by atoms with E-state index in [1.807, 2.05) is 6.07 Å². The molecule has 0 bridgehead atoms. The number of primary amides is 1. The summed E-state index contributed by atoms with van der Waals surface area (Å²) in [5, 5.41) is 4.04. The Labute approximate surface area is 187 Å². The number of sulfonamides is 1. The van der Waals surface area contributed by atoms with Gasteiger partial charge in [-0.05, 0) is 61.7 Å². The molecule has 0 unspecified atom stereocenters. The lowest BCUT2D eigenvalue weighted by atomic mass is 10.1. The van der Waals surface area contributed by atoms with Gasteiger partial charge in [0.05, 0.1) is 0 Å². The molecule has 1 aromatic carbocycles. The van der Waals surface area contributed by atoms with Gasteiger partial charge < -0.3 is 11.1 Å². The molecule has 164 valence electrons. The molecule has 30 heavy (non-hydrogen) atoms. The van der Waals surface area contributed by atoms with E-state index < -0.39 is 15.9 Å². The van der Waals surface area contributed by atoms with E-state index in [9.17, 15) is 13.2 Å². The first-order valence-corrected chi connectivity index (χ1v) is 12.8. The molecule has 1 aliphatic heterocycles. The second kappa shape index (κ2) is 10.2. The number of nitrogens with one attached hydrogen (secondary N) is 1. The Morgan fingerprint density at radius 2 is 2.00 bits per heavy atom. The van der Waals surface area contributed by atoms with Gasteiger partial charge in [-0.15, -0.1) is 11.3 Å². The first-order valence-electron chi connectivity index (χ1n) is 10.2. The number of carbonyl (C=O) groups excluding carboxylic acids is 1. The van der Waals surface area contributed by atoms with Gasteiger partial charge in [-0.2, -0.15) is 4.31 Å². The monoisotopic (exact) mass is 469 g/mol. The number of halogens is 1. The van der Waals surface area contributed by atoms with Crippen molar-refractivity contribution >= 4 is 38.9 Å². The molecule has 0 aliphatic carbocycles. The van der Waals surface area contributed by atoms with Crippen LogP contribution in [0.4, 0.5) is 0 Å². The second-order valence-electron chi connectivity index (χ2n) is 7.55. The van der Waals surface area contributed by atoms with Gasteiger partial charge in [-0.3, -0.25) is 4.79 Å². The molecular weight excluding hydrogens is 442 g/mol. The predicted octanol–water partition coefficient (Wildman–Crippen LogP) is 3.63. The third-order valence-corrected chi connectivity index (χ3v) is 9.16. The number of unbranched alkanes of at least 4 members (excludes halogenated alkanes) is 1. The highest BCUT2D eigenvalue weighted by atomic mass is 35.5. The summed E-state index contributed by atoms with van der Waals surface area (Å²) in [4.78, 5) is 12.3. The van der Waals surface area contributed by atoms with Crippen molar-refractivity contribution in [2.75, 3.05) is 19.6 Å². The Balaban J connectivity index is 1.66. The molecule has 0 saturated carbocycles. The van der Waals surface area contributed by atoms with Crippen molar-refractivity contribution in [3.63, 3.8) is 0 Å². The Kier molecular flexibility index (Phi) is 7.92. The van der Waals surface area contributed by atoms with Crippen molar-refractivity contribution in [1.82, 2.24) is 9.62 Å². The topological polar surface area (TPSA) is 92.5 Å². The first-order chi connectivity index (χ1) is 14.3. The first kappa shape index (κ1) is 23.2. The number of rotatable bonds is 9. The summed E-state index contributed by atoms with van der Waals surface area (Å²) in [6, 6.07) is 8.74. The van der Waals surface area contributed by atoms with Gasteiger partial charge in [0, 0.05) is 41.0 Å². The number of hydrogen-bond donors (Lipinski definition) is 2. The number of nitrogens with zero attached hydrogens (tertiary/aromatic N) is 1. The van der Waals surface area contributed by atoms with Crippen molar-refractivity contribution in [3.8, 4) is 0 Å². The Hall–Kier alpha value is -1.45. The smallest absolute Gasteiger partial charge is 0.252 e. The fraction of sp³-hybridized carbons (Fsp3) is 0.476. The summed E-state index contributed by atoms with van der Waals surface area (Å²) in [6.45, 7) is 4.22. The summed E-state index contributed by atoms with van der Waals surface area (Å²) in [7, 11) is -3.50. The number of benzene rings is 1. The third-order valence-electron chi connectivity index (χ3n) is 5.34. The summed E-state index contributed by atoms with van der Waals surface area (Å²) in [5.74, 6) is -0.519. The summed E-state index contributed by atoms with van der Waals surface area (Å²) in [6.07, 6.45) is 4.40. The van der Waals surface area contributed by atoms with Gasteiger partial charge >= 0.3 is 0 Å². The molecule has 0 radical (unpaired) electrons. The maximum absolute atomic E-state index is 13.1. The minimum Gasteiger partial charge on any atom is -0.366 e. The largest absolute Gasteiger partial charge is 0.366 e. The normalized spacial score (nSPS) is 16.1. The van der Waals surface area contributed by atoms with E-state index in [0.29, 0.717) is 40.3 Å². The van der Waals surface area contributed by atoms with Crippen molar-refractivity contribution in [3.05, 3.63) is 51.4 Å². The number of piperidine rings is 1. The maximum atomic E-state index is 13.1. The van der Waals surface area contributed by atoms with Crippen LogP contribution in [0.15, 0.2) is 34.5 Å². The van der Waals surface area contributed by atoms with Crippen LogP contribution in [0.2, 0.25) is 5.02 Å². The number of thiophene rings is 1. The standard InChI is InChI=1S/C21H28ClN3O3S2/c1-2-3-10-24-17-8-11-25(12-9-17)30(27,28)20-7-5-18(29-20)14-16-13-15(21(23)26)4-6-19(16)22/h4-7,13,17,24H,2-3,8-12,14H2,1H3,(H2,23,26). The quantitative estimate of drug-likeness (QED) is 0.548. The highest BCUT2D eigenvalue weighted by Crippen LogP contribution is 2.30. The molecule has 1 aliphatic rings. The fourth-order valence-electron chi connectivity index (χ4n) is 3.55. The van der Waals surface area contributed by atoms with Crippen molar-refractivity contribution in [2.45, 2.75) is 49.3 Å². The van der Waals surface area contributed by atoms with E-state index in [4.69, 9.17) is 17.3 Å². The maximum Gasteiger partial charge on any atom is 0.252 e.